The predicted octanol–water partition coefficient (Wildman–Crippen LogP) is 3.60. The second kappa shape index (κ2) is 6.88. The van der Waals surface area contributed by atoms with Crippen molar-refractivity contribution in [2.45, 2.75) is 27.3 Å². The maximum Gasteiger partial charge on any atom is 0.228 e. The minimum Gasteiger partial charge on any atom is -0.380 e. The van der Waals surface area contributed by atoms with Crippen molar-refractivity contribution >= 4 is 17.4 Å². The van der Waals surface area contributed by atoms with Crippen LogP contribution in [0.25, 0.3) is 0 Å². The second-order valence-corrected chi connectivity index (χ2v) is 5.36. The van der Waals surface area contributed by atoms with Crippen LogP contribution in [0.1, 0.15) is 25.0 Å². The zero-order valence-electron chi connectivity index (χ0n) is 12.7. The van der Waals surface area contributed by atoms with Crippen molar-refractivity contribution in [3.05, 3.63) is 53.7 Å². The average Bonchev–Trinajstić information content (AvgIpc) is 2.48. The summed E-state index contributed by atoms with van der Waals surface area (Å²) in [6, 6.07) is 12.0. The van der Waals surface area contributed by atoms with Crippen LogP contribution >= 0.6 is 0 Å². The van der Waals surface area contributed by atoms with Crippen LogP contribution in [0.15, 0.2) is 42.6 Å². The SMILES string of the molecule is Cc1ccccc1CNc1ccc(NC(=O)C(C)C)nc1. The lowest BCUT2D eigenvalue weighted by atomic mass is 10.1. The van der Waals surface area contributed by atoms with Crippen molar-refractivity contribution < 1.29 is 4.79 Å². The highest BCUT2D eigenvalue weighted by Crippen LogP contribution is 2.13. The van der Waals surface area contributed by atoms with Crippen molar-refractivity contribution in [3.63, 3.8) is 0 Å². The molecular weight excluding hydrogens is 262 g/mol. The number of benzene rings is 1. The van der Waals surface area contributed by atoms with Gasteiger partial charge in [-0.05, 0) is 30.2 Å². The third-order valence-corrected chi connectivity index (χ3v) is 3.28. The summed E-state index contributed by atoms with van der Waals surface area (Å²) in [6.45, 7) is 6.56. The molecule has 0 saturated heterocycles. The number of hydrogen-bond acceptors (Lipinski definition) is 3. The highest BCUT2D eigenvalue weighted by atomic mass is 16.1. The summed E-state index contributed by atoms with van der Waals surface area (Å²) < 4.78 is 0. The average molecular weight is 283 g/mol. The van der Waals surface area contributed by atoms with Gasteiger partial charge in [0.2, 0.25) is 5.91 Å². The van der Waals surface area contributed by atoms with Crippen LogP contribution in [0.5, 0.6) is 0 Å². The number of carbonyl (C=O) groups excluding carboxylic acids is 1. The van der Waals surface area contributed by atoms with Gasteiger partial charge in [0.15, 0.2) is 0 Å². The lowest BCUT2D eigenvalue weighted by Crippen LogP contribution is -2.18. The zero-order valence-corrected chi connectivity index (χ0v) is 12.7. The molecule has 2 N–H and O–H groups in total. The molecule has 4 heteroatoms. The lowest BCUT2D eigenvalue weighted by Gasteiger charge is -2.10. The molecule has 0 spiro atoms. The van der Waals surface area contributed by atoms with Gasteiger partial charge in [-0.15, -0.1) is 0 Å². The molecule has 0 aliphatic rings. The molecule has 0 unspecified atom stereocenters. The van der Waals surface area contributed by atoms with E-state index in [2.05, 4.69) is 34.7 Å². The van der Waals surface area contributed by atoms with Gasteiger partial charge in [0, 0.05) is 12.5 Å². The van der Waals surface area contributed by atoms with Crippen LogP contribution in [0.4, 0.5) is 11.5 Å². The van der Waals surface area contributed by atoms with Crippen LogP contribution < -0.4 is 10.6 Å². The zero-order chi connectivity index (χ0) is 15.2. The summed E-state index contributed by atoms with van der Waals surface area (Å²) in [5, 5.41) is 6.10. The number of rotatable bonds is 5. The Morgan fingerprint density at radius 2 is 1.95 bits per heavy atom. The molecule has 0 bridgehead atoms. The molecule has 2 rings (SSSR count). The summed E-state index contributed by atoms with van der Waals surface area (Å²) in [5.41, 5.74) is 3.45. The van der Waals surface area contributed by atoms with Gasteiger partial charge < -0.3 is 10.6 Å². The molecule has 0 atom stereocenters. The fourth-order valence-corrected chi connectivity index (χ4v) is 1.85. The summed E-state index contributed by atoms with van der Waals surface area (Å²) >= 11 is 0. The largest absolute Gasteiger partial charge is 0.380 e. The van der Waals surface area contributed by atoms with E-state index < -0.39 is 0 Å². The molecule has 0 aliphatic carbocycles. The van der Waals surface area contributed by atoms with E-state index in [1.807, 2.05) is 32.0 Å². The van der Waals surface area contributed by atoms with E-state index >= 15 is 0 Å². The van der Waals surface area contributed by atoms with Gasteiger partial charge in [-0.2, -0.15) is 0 Å². The first-order valence-electron chi connectivity index (χ1n) is 7.11. The molecule has 4 nitrogen and oxygen atoms in total. The Hall–Kier alpha value is -2.36. The number of hydrogen-bond donors (Lipinski definition) is 2. The maximum absolute atomic E-state index is 11.6. The Labute approximate surface area is 125 Å². The fraction of sp³-hybridized carbons (Fsp3) is 0.294. The lowest BCUT2D eigenvalue weighted by molar-refractivity contribution is -0.118. The summed E-state index contributed by atoms with van der Waals surface area (Å²) in [5.74, 6) is 0.504. The van der Waals surface area contributed by atoms with Crippen LogP contribution in [0.3, 0.4) is 0 Å². The third kappa shape index (κ3) is 4.31. The number of carbonyl (C=O) groups is 1. The molecule has 0 aliphatic heterocycles. The molecular formula is C17H21N3O. The number of aryl methyl sites for hydroxylation is 1. The highest BCUT2D eigenvalue weighted by molar-refractivity contribution is 5.91. The number of nitrogens with zero attached hydrogens (tertiary/aromatic N) is 1. The Morgan fingerprint density at radius 3 is 2.57 bits per heavy atom. The minimum absolute atomic E-state index is 0.0249. The number of nitrogens with one attached hydrogen (secondary N) is 2. The smallest absolute Gasteiger partial charge is 0.228 e. The predicted molar refractivity (Wildman–Crippen MR) is 86.2 cm³/mol. The van der Waals surface area contributed by atoms with Gasteiger partial charge in [0.25, 0.3) is 0 Å². The van der Waals surface area contributed by atoms with Crippen molar-refractivity contribution in [1.82, 2.24) is 4.98 Å². The third-order valence-electron chi connectivity index (χ3n) is 3.28. The summed E-state index contributed by atoms with van der Waals surface area (Å²) in [7, 11) is 0. The molecule has 1 aromatic carbocycles. The Bertz CT molecular complexity index is 606. The van der Waals surface area contributed by atoms with E-state index in [0.29, 0.717) is 5.82 Å². The standard InChI is InChI=1S/C17H21N3O/c1-12(2)17(21)20-16-9-8-15(11-19-16)18-10-14-7-5-4-6-13(14)3/h4-9,11-12,18H,10H2,1-3H3,(H,19,20,21). The van der Waals surface area contributed by atoms with E-state index in [-0.39, 0.29) is 11.8 Å². The molecule has 0 radical (unpaired) electrons. The van der Waals surface area contributed by atoms with Gasteiger partial charge in [-0.25, -0.2) is 4.98 Å². The number of anilines is 2. The molecule has 21 heavy (non-hydrogen) atoms. The van der Waals surface area contributed by atoms with Crippen LogP contribution in [-0.4, -0.2) is 10.9 Å². The quantitative estimate of drug-likeness (QED) is 0.881. The maximum atomic E-state index is 11.6. The first kappa shape index (κ1) is 15.0. The molecule has 0 fully saturated rings. The van der Waals surface area contributed by atoms with E-state index in [4.69, 9.17) is 0 Å². The van der Waals surface area contributed by atoms with E-state index in [1.54, 1.807) is 12.3 Å². The van der Waals surface area contributed by atoms with Gasteiger partial charge in [0.1, 0.15) is 5.82 Å². The normalized spacial score (nSPS) is 10.5. The van der Waals surface area contributed by atoms with Crippen LogP contribution in [0.2, 0.25) is 0 Å². The van der Waals surface area contributed by atoms with E-state index in [9.17, 15) is 4.79 Å². The topological polar surface area (TPSA) is 54.0 Å². The number of pyridine rings is 1. The van der Waals surface area contributed by atoms with Crippen LogP contribution in [0, 0.1) is 12.8 Å². The first-order chi connectivity index (χ1) is 10.1. The van der Waals surface area contributed by atoms with Crippen LogP contribution in [-0.2, 0) is 11.3 Å². The monoisotopic (exact) mass is 283 g/mol. The molecule has 0 saturated carbocycles. The summed E-state index contributed by atoms with van der Waals surface area (Å²) in [6.07, 6.45) is 1.73. The van der Waals surface area contributed by atoms with E-state index in [1.165, 1.54) is 11.1 Å². The van der Waals surface area contributed by atoms with Gasteiger partial charge in [-0.3, -0.25) is 4.79 Å². The van der Waals surface area contributed by atoms with Gasteiger partial charge in [0.05, 0.1) is 11.9 Å². The van der Waals surface area contributed by atoms with Crippen molar-refractivity contribution in [3.8, 4) is 0 Å². The Morgan fingerprint density at radius 1 is 1.19 bits per heavy atom. The minimum atomic E-state index is -0.0503. The van der Waals surface area contributed by atoms with E-state index in [0.717, 1.165) is 12.2 Å². The Balaban J connectivity index is 1.94. The Kier molecular flexibility index (Phi) is 4.93. The molecule has 1 heterocycles. The van der Waals surface area contributed by atoms with Gasteiger partial charge >= 0.3 is 0 Å². The van der Waals surface area contributed by atoms with Gasteiger partial charge in [-0.1, -0.05) is 38.1 Å². The highest BCUT2D eigenvalue weighted by Gasteiger charge is 2.07. The van der Waals surface area contributed by atoms with Crippen molar-refractivity contribution in [2.75, 3.05) is 10.6 Å². The molecule has 1 amide bonds. The van der Waals surface area contributed by atoms with Crippen molar-refractivity contribution in [1.29, 1.82) is 0 Å². The number of aromatic nitrogens is 1. The fourth-order valence-electron chi connectivity index (χ4n) is 1.85. The summed E-state index contributed by atoms with van der Waals surface area (Å²) in [4.78, 5) is 15.8. The second-order valence-electron chi connectivity index (χ2n) is 5.36. The first-order valence-corrected chi connectivity index (χ1v) is 7.11. The molecule has 2 aromatic rings. The molecule has 110 valence electrons. The molecule has 1 aromatic heterocycles. The van der Waals surface area contributed by atoms with Crippen molar-refractivity contribution in [2.24, 2.45) is 5.92 Å². The number of amides is 1.